The van der Waals surface area contributed by atoms with Gasteiger partial charge in [-0.05, 0) is 58.8 Å². The van der Waals surface area contributed by atoms with Gasteiger partial charge in [-0.1, -0.05) is 34.5 Å². The number of esters is 1. The van der Waals surface area contributed by atoms with Gasteiger partial charge in [0.2, 0.25) is 0 Å². The first-order valence-electron chi connectivity index (χ1n) is 7.78. The number of alkyl halides is 1. The Morgan fingerprint density at radius 3 is 2.43 bits per heavy atom. The molecule has 0 aliphatic carbocycles. The van der Waals surface area contributed by atoms with Crippen LogP contribution < -0.4 is 0 Å². The van der Waals surface area contributed by atoms with Gasteiger partial charge in [-0.3, -0.25) is 4.79 Å². The average molecular weight is 363 g/mol. The summed E-state index contributed by atoms with van der Waals surface area (Å²) in [6.07, 6.45) is 7.32. The number of allylic oxidation sites excluding steroid dienone is 2. The molecule has 0 aliphatic rings. The zero-order chi connectivity index (χ0) is 16.5. The summed E-state index contributed by atoms with van der Waals surface area (Å²) in [5.41, 5.74) is 0.696. The Labute approximate surface area is 138 Å². The molecule has 0 aliphatic heterocycles. The molecule has 0 aromatic rings. The van der Waals surface area contributed by atoms with Crippen LogP contribution in [0.5, 0.6) is 0 Å². The summed E-state index contributed by atoms with van der Waals surface area (Å²) in [7, 11) is 0. The molecule has 2 atom stereocenters. The molecule has 1 N–H and O–H groups in total. The number of aliphatic hydroxyl groups is 1. The molecule has 0 rings (SSSR count). The van der Waals surface area contributed by atoms with Crippen molar-refractivity contribution in [3.63, 3.8) is 0 Å². The van der Waals surface area contributed by atoms with E-state index in [-0.39, 0.29) is 10.8 Å². The zero-order valence-electron chi connectivity index (χ0n) is 14.1. The molecule has 0 spiro atoms. The predicted octanol–water partition coefficient (Wildman–Crippen LogP) is 4.62. The molecule has 2 unspecified atom stereocenters. The lowest BCUT2D eigenvalue weighted by molar-refractivity contribution is -0.141. The Kier molecular flexibility index (Phi) is 10.2. The minimum absolute atomic E-state index is 0.121. The maximum atomic E-state index is 10.7. The first-order valence-corrected chi connectivity index (χ1v) is 8.70. The van der Waals surface area contributed by atoms with Crippen molar-refractivity contribution in [3.05, 3.63) is 11.6 Å². The quantitative estimate of drug-likeness (QED) is 0.350. The Morgan fingerprint density at radius 1 is 1.29 bits per heavy atom. The summed E-state index contributed by atoms with van der Waals surface area (Å²) in [5, 5.41) is 9.87. The highest BCUT2D eigenvalue weighted by molar-refractivity contribution is 9.09. The van der Waals surface area contributed by atoms with E-state index in [2.05, 4.69) is 35.9 Å². The first kappa shape index (κ1) is 20.6. The van der Waals surface area contributed by atoms with E-state index in [9.17, 15) is 9.90 Å². The average Bonchev–Trinajstić information content (AvgIpc) is 2.34. The van der Waals surface area contributed by atoms with Gasteiger partial charge in [0, 0.05) is 11.8 Å². The van der Waals surface area contributed by atoms with E-state index in [0.717, 1.165) is 32.1 Å². The van der Waals surface area contributed by atoms with E-state index in [1.807, 2.05) is 13.8 Å². The number of rotatable bonds is 10. The van der Waals surface area contributed by atoms with Crippen LogP contribution in [0.4, 0.5) is 0 Å². The standard InChI is InChI=1S/C17H31BrO3/c1-13(9-10-16(18)17(4,5)20)7-6-8-14(2)11-12-21-15(3)19/h7,14,16,20H,6,8-12H2,1-5H3/b13-7-. The van der Waals surface area contributed by atoms with Gasteiger partial charge >= 0.3 is 5.97 Å². The Hall–Kier alpha value is -0.350. The second kappa shape index (κ2) is 10.4. The number of ether oxygens (including phenoxy) is 1. The topological polar surface area (TPSA) is 46.5 Å². The van der Waals surface area contributed by atoms with Gasteiger partial charge in [0.1, 0.15) is 0 Å². The molecule has 4 heteroatoms. The van der Waals surface area contributed by atoms with Crippen molar-refractivity contribution in [2.24, 2.45) is 5.92 Å². The van der Waals surface area contributed by atoms with Gasteiger partial charge in [-0.2, -0.15) is 0 Å². The predicted molar refractivity (Wildman–Crippen MR) is 91.7 cm³/mol. The van der Waals surface area contributed by atoms with E-state index in [4.69, 9.17) is 4.74 Å². The highest BCUT2D eigenvalue weighted by atomic mass is 79.9. The van der Waals surface area contributed by atoms with Crippen molar-refractivity contribution < 1.29 is 14.6 Å². The fourth-order valence-corrected chi connectivity index (χ4v) is 2.20. The molecule has 21 heavy (non-hydrogen) atoms. The molecule has 3 nitrogen and oxygen atoms in total. The molecule has 0 amide bonds. The lowest BCUT2D eigenvalue weighted by atomic mass is 9.97. The Balaban J connectivity index is 3.84. The number of carbonyl (C=O) groups excluding carboxylic acids is 1. The molecule has 0 radical (unpaired) electrons. The summed E-state index contributed by atoms with van der Waals surface area (Å²) >= 11 is 3.54. The molecule has 124 valence electrons. The SMILES string of the molecule is CC(=O)OCCC(C)CC/C=C(/C)CCC(Br)C(C)(C)O. The molecule has 0 fully saturated rings. The number of hydrogen-bond acceptors (Lipinski definition) is 3. The molecule has 0 saturated carbocycles. The van der Waals surface area contributed by atoms with Crippen LogP contribution in [0.3, 0.4) is 0 Å². The van der Waals surface area contributed by atoms with Crippen LogP contribution >= 0.6 is 15.9 Å². The molecular weight excluding hydrogens is 332 g/mol. The molecule has 0 aromatic carbocycles. The van der Waals surface area contributed by atoms with E-state index in [1.165, 1.54) is 12.5 Å². The summed E-state index contributed by atoms with van der Waals surface area (Å²) in [4.78, 5) is 10.8. The maximum absolute atomic E-state index is 10.7. The van der Waals surface area contributed by atoms with Crippen molar-refractivity contribution in [2.75, 3.05) is 6.61 Å². The zero-order valence-corrected chi connectivity index (χ0v) is 15.7. The van der Waals surface area contributed by atoms with Gasteiger partial charge < -0.3 is 9.84 Å². The van der Waals surface area contributed by atoms with Gasteiger partial charge in [0.25, 0.3) is 0 Å². The van der Waals surface area contributed by atoms with Crippen LogP contribution in [-0.4, -0.2) is 28.1 Å². The van der Waals surface area contributed by atoms with Crippen LogP contribution in [0, 0.1) is 5.92 Å². The monoisotopic (exact) mass is 362 g/mol. The van der Waals surface area contributed by atoms with Crippen LogP contribution in [-0.2, 0) is 9.53 Å². The highest BCUT2D eigenvalue weighted by Gasteiger charge is 2.23. The number of carbonyl (C=O) groups is 1. The van der Waals surface area contributed by atoms with Crippen molar-refractivity contribution in [3.8, 4) is 0 Å². The number of hydrogen-bond donors (Lipinski definition) is 1. The second-order valence-electron chi connectivity index (χ2n) is 6.52. The minimum atomic E-state index is -0.675. The van der Waals surface area contributed by atoms with E-state index in [0.29, 0.717) is 12.5 Å². The first-order chi connectivity index (χ1) is 9.62. The Bertz CT molecular complexity index is 331. The maximum Gasteiger partial charge on any atom is 0.302 e. The van der Waals surface area contributed by atoms with Crippen LogP contribution in [0.25, 0.3) is 0 Å². The largest absolute Gasteiger partial charge is 0.466 e. The summed E-state index contributed by atoms with van der Waals surface area (Å²) in [6, 6.07) is 0. The fraction of sp³-hybridized carbons (Fsp3) is 0.824. The third kappa shape index (κ3) is 11.9. The molecule has 0 heterocycles. The van der Waals surface area contributed by atoms with Crippen molar-refractivity contribution >= 4 is 21.9 Å². The highest BCUT2D eigenvalue weighted by Crippen LogP contribution is 2.24. The summed E-state index contributed by atoms with van der Waals surface area (Å²) in [6.45, 7) is 9.97. The van der Waals surface area contributed by atoms with Crippen LogP contribution in [0.2, 0.25) is 0 Å². The third-order valence-electron chi connectivity index (χ3n) is 3.63. The lowest BCUT2D eigenvalue weighted by Crippen LogP contribution is -2.31. The molecule has 0 bridgehead atoms. The molecular formula is C17H31BrO3. The fourth-order valence-electron chi connectivity index (χ4n) is 1.97. The lowest BCUT2D eigenvalue weighted by Gasteiger charge is -2.24. The van der Waals surface area contributed by atoms with Gasteiger partial charge in [-0.25, -0.2) is 0 Å². The number of halogens is 1. The van der Waals surface area contributed by atoms with Gasteiger partial charge in [0.15, 0.2) is 0 Å². The molecule has 0 aromatic heterocycles. The van der Waals surface area contributed by atoms with Crippen molar-refractivity contribution in [1.29, 1.82) is 0 Å². The van der Waals surface area contributed by atoms with Crippen molar-refractivity contribution in [1.82, 2.24) is 0 Å². The van der Waals surface area contributed by atoms with Crippen molar-refractivity contribution in [2.45, 2.75) is 77.2 Å². The van der Waals surface area contributed by atoms with E-state index >= 15 is 0 Å². The smallest absolute Gasteiger partial charge is 0.302 e. The van der Waals surface area contributed by atoms with Gasteiger partial charge in [0.05, 0.1) is 12.2 Å². The van der Waals surface area contributed by atoms with Crippen LogP contribution in [0.15, 0.2) is 11.6 Å². The minimum Gasteiger partial charge on any atom is -0.466 e. The Morgan fingerprint density at radius 2 is 1.90 bits per heavy atom. The summed E-state index contributed by atoms with van der Waals surface area (Å²) in [5.74, 6) is 0.364. The molecule has 0 saturated heterocycles. The van der Waals surface area contributed by atoms with Crippen LogP contribution in [0.1, 0.15) is 66.7 Å². The third-order valence-corrected chi connectivity index (χ3v) is 5.21. The second-order valence-corrected chi connectivity index (χ2v) is 7.63. The normalized spacial score (nSPS) is 15.7. The van der Waals surface area contributed by atoms with E-state index in [1.54, 1.807) is 0 Å². The summed E-state index contributed by atoms with van der Waals surface area (Å²) < 4.78 is 4.95. The van der Waals surface area contributed by atoms with Gasteiger partial charge in [-0.15, -0.1) is 0 Å². The van der Waals surface area contributed by atoms with E-state index < -0.39 is 5.60 Å².